The van der Waals surface area contributed by atoms with Crippen LogP contribution in [0.2, 0.25) is 0 Å². The summed E-state index contributed by atoms with van der Waals surface area (Å²) in [7, 11) is 1.69. The van der Waals surface area contributed by atoms with Crippen molar-refractivity contribution >= 4 is 29.3 Å². The lowest BCUT2D eigenvalue weighted by Crippen LogP contribution is -2.31. The summed E-state index contributed by atoms with van der Waals surface area (Å²) in [5, 5.41) is 5.86. The lowest BCUT2D eigenvalue weighted by molar-refractivity contribution is -0.119. The van der Waals surface area contributed by atoms with Crippen LogP contribution in [0.4, 0.5) is 22.1 Å². The van der Waals surface area contributed by atoms with Gasteiger partial charge in [-0.25, -0.2) is 14.8 Å². The Balaban J connectivity index is 1.62. The maximum Gasteiger partial charge on any atom is 0.321 e. The Bertz CT molecular complexity index is 846. The van der Waals surface area contributed by atoms with Gasteiger partial charge in [-0.3, -0.25) is 4.79 Å². The van der Waals surface area contributed by atoms with E-state index in [-0.39, 0.29) is 23.8 Å². The third-order valence-electron chi connectivity index (χ3n) is 4.96. The van der Waals surface area contributed by atoms with Gasteiger partial charge in [-0.2, -0.15) is 0 Å². The Labute approximate surface area is 164 Å². The van der Waals surface area contributed by atoms with Crippen molar-refractivity contribution in [2.75, 3.05) is 23.4 Å². The Morgan fingerprint density at radius 2 is 1.86 bits per heavy atom. The van der Waals surface area contributed by atoms with Crippen molar-refractivity contribution < 1.29 is 9.59 Å². The summed E-state index contributed by atoms with van der Waals surface area (Å²) in [6.07, 6.45) is 7.30. The number of carbonyl (C=O) groups is 2. The summed E-state index contributed by atoms with van der Waals surface area (Å²) in [6, 6.07) is 5.26. The second-order valence-electron chi connectivity index (χ2n) is 7.24. The highest BCUT2D eigenvalue weighted by atomic mass is 16.2. The molecule has 0 aliphatic heterocycles. The first-order valence-corrected chi connectivity index (χ1v) is 9.42. The van der Waals surface area contributed by atoms with Crippen LogP contribution >= 0.6 is 0 Å². The van der Waals surface area contributed by atoms with Crippen LogP contribution in [0.1, 0.15) is 36.8 Å². The number of aromatic nitrogens is 2. The predicted octanol–water partition coefficient (Wildman–Crippen LogP) is 3.16. The molecule has 1 aromatic carbocycles. The number of benzene rings is 1. The minimum Gasteiger partial charge on any atom is -0.368 e. The Kier molecular flexibility index (Phi) is 6.08. The predicted molar refractivity (Wildman–Crippen MR) is 109 cm³/mol. The topological polar surface area (TPSA) is 113 Å². The third kappa shape index (κ3) is 4.97. The highest BCUT2D eigenvalue weighted by Crippen LogP contribution is 2.27. The summed E-state index contributed by atoms with van der Waals surface area (Å²) in [6.45, 7) is 2.26. The second kappa shape index (κ2) is 8.69. The molecular weight excluding hydrogens is 356 g/mol. The fraction of sp³-hybridized carbons (Fsp3) is 0.400. The molecule has 1 aliphatic rings. The number of nitrogens with two attached hydrogens (primary N) is 1. The molecule has 2 aromatic rings. The van der Waals surface area contributed by atoms with Gasteiger partial charge in [-0.05, 0) is 37.5 Å². The fourth-order valence-electron chi connectivity index (χ4n) is 3.27. The van der Waals surface area contributed by atoms with Crippen molar-refractivity contribution in [2.45, 2.75) is 39.2 Å². The number of nitrogens with one attached hydrogen (secondary N) is 2. The molecule has 4 N–H and O–H groups in total. The summed E-state index contributed by atoms with van der Waals surface area (Å²) in [4.78, 5) is 34.3. The van der Waals surface area contributed by atoms with Gasteiger partial charge in [0, 0.05) is 42.3 Å². The largest absolute Gasteiger partial charge is 0.368 e. The summed E-state index contributed by atoms with van der Waals surface area (Å²) in [5.74, 6) is 0.342. The Morgan fingerprint density at radius 1 is 1.18 bits per heavy atom. The highest BCUT2D eigenvalue weighted by Gasteiger charge is 2.22. The molecular formula is C20H26N6O2. The monoisotopic (exact) mass is 382 g/mol. The molecule has 1 aromatic heterocycles. The highest BCUT2D eigenvalue weighted by molar-refractivity contribution is 5.95. The van der Waals surface area contributed by atoms with Gasteiger partial charge in [0.1, 0.15) is 0 Å². The molecule has 8 nitrogen and oxygen atoms in total. The molecule has 0 radical (unpaired) electrons. The molecule has 0 atom stereocenters. The summed E-state index contributed by atoms with van der Waals surface area (Å²) >= 11 is 0. The van der Waals surface area contributed by atoms with Crippen LogP contribution in [-0.2, 0) is 11.3 Å². The van der Waals surface area contributed by atoms with E-state index in [4.69, 9.17) is 5.73 Å². The number of nitrogens with zero attached hydrogens (tertiary/aromatic N) is 3. The van der Waals surface area contributed by atoms with E-state index in [2.05, 4.69) is 20.6 Å². The first-order chi connectivity index (χ1) is 13.4. The average Bonchev–Trinajstić information content (AvgIpc) is 3.21. The Hall–Kier alpha value is -3.16. The van der Waals surface area contributed by atoms with E-state index >= 15 is 0 Å². The summed E-state index contributed by atoms with van der Waals surface area (Å²) < 4.78 is 0. The van der Waals surface area contributed by atoms with E-state index in [0.717, 1.165) is 36.8 Å². The molecule has 1 saturated carbocycles. The van der Waals surface area contributed by atoms with Crippen LogP contribution in [0.3, 0.4) is 0 Å². The third-order valence-corrected chi connectivity index (χ3v) is 4.96. The standard InChI is InChI=1S/C20H26N6O2/c1-13-7-8-16(24-18(27)15-5-3-4-6-15)9-17(13)25-20(28)26(2)12-14-10-22-19(21)23-11-14/h7-11,15H,3-6,12H2,1-2H3,(H,24,27)(H,25,28)(H2,21,22,23). The van der Waals surface area contributed by atoms with Crippen molar-refractivity contribution in [1.82, 2.24) is 14.9 Å². The molecule has 3 amide bonds. The molecule has 8 heteroatoms. The number of urea groups is 1. The number of aryl methyl sites for hydroxylation is 1. The van der Waals surface area contributed by atoms with Gasteiger partial charge in [0.25, 0.3) is 0 Å². The molecule has 1 aliphatic carbocycles. The average molecular weight is 382 g/mol. The summed E-state index contributed by atoms with van der Waals surface area (Å²) in [5.41, 5.74) is 8.52. The maximum atomic E-state index is 12.5. The number of hydrogen-bond donors (Lipinski definition) is 3. The first kappa shape index (κ1) is 19.6. The lowest BCUT2D eigenvalue weighted by Gasteiger charge is -2.19. The minimum absolute atomic E-state index is 0.0547. The van der Waals surface area contributed by atoms with Crippen LogP contribution in [0.25, 0.3) is 0 Å². The second-order valence-corrected chi connectivity index (χ2v) is 7.24. The number of anilines is 3. The minimum atomic E-state index is -0.265. The zero-order chi connectivity index (χ0) is 20.1. The lowest BCUT2D eigenvalue weighted by atomic mass is 10.1. The number of nitrogen functional groups attached to an aromatic ring is 1. The van der Waals surface area contributed by atoms with E-state index < -0.39 is 0 Å². The van der Waals surface area contributed by atoms with E-state index in [9.17, 15) is 9.59 Å². The van der Waals surface area contributed by atoms with Crippen LogP contribution in [0.15, 0.2) is 30.6 Å². The molecule has 0 spiro atoms. The number of hydrogen-bond acceptors (Lipinski definition) is 5. The van der Waals surface area contributed by atoms with Gasteiger partial charge in [-0.15, -0.1) is 0 Å². The Morgan fingerprint density at radius 3 is 2.54 bits per heavy atom. The number of rotatable bonds is 5. The fourth-order valence-corrected chi connectivity index (χ4v) is 3.27. The van der Waals surface area contributed by atoms with Gasteiger partial charge in [0.05, 0.1) is 6.54 Å². The smallest absolute Gasteiger partial charge is 0.321 e. The van der Waals surface area contributed by atoms with Crippen molar-refractivity contribution in [1.29, 1.82) is 0 Å². The molecule has 0 saturated heterocycles. The molecule has 28 heavy (non-hydrogen) atoms. The zero-order valence-electron chi connectivity index (χ0n) is 16.2. The quantitative estimate of drug-likeness (QED) is 0.735. The van der Waals surface area contributed by atoms with Crippen LogP contribution in [0.5, 0.6) is 0 Å². The van der Waals surface area contributed by atoms with Gasteiger partial charge in [0.2, 0.25) is 11.9 Å². The van der Waals surface area contributed by atoms with Gasteiger partial charge in [-0.1, -0.05) is 18.9 Å². The van der Waals surface area contributed by atoms with E-state index in [1.54, 1.807) is 25.5 Å². The van der Waals surface area contributed by atoms with Crippen molar-refractivity contribution in [3.8, 4) is 0 Å². The van der Waals surface area contributed by atoms with E-state index in [1.165, 1.54) is 4.90 Å². The van der Waals surface area contributed by atoms with E-state index in [0.29, 0.717) is 17.9 Å². The molecule has 0 unspecified atom stereocenters. The van der Waals surface area contributed by atoms with Gasteiger partial charge < -0.3 is 21.3 Å². The molecule has 3 rings (SSSR count). The molecule has 1 fully saturated rings. The first-order valence-electron chi connectivity index (χ1n) is 9.42. The van der Waals surface area contributed by atoms with Crippen molar-refractivity contribution in [3.05, 3.63) is 41.7 Å². The number of carbonyl (C=O) groups excluding carboxylic acids is 2. The normalized spacial score (nSPS) is 13.9. The molecule has 148 valence electrons. The van der Waals surface area contributed by atoms with Crippen molar-refractivity contribution in [3.63, 3.8) is 0 Å². The van der Waals surface area contributed by atoms with Gasteiger partial charge >= 0.3 is 6.03 Å². The van der Waals surface area contributed by atoms with Crippen LogP contribution in [-0.4, -0.2) is 33.9 Å². The molecule has 1 heterocycles. The van der Waals surface area contributed by atoms with Crippen LogP contribution < -0.4 is 16.4 Å². The SMILES string of the molecule is Cc1ccc(NC(=O)C2CCCC2)cc1NC(=O)N(C)Cc1cnc(N)nc1. The van der Waals surface area contributed by atoms with Crippen LogP contribution in [0, 0.1) is 12.8 Å². The molecule has 0 bridgehead atoms. The zero-order valence-corrected chi connectivity index (χ0v) is 16.2. The van der Waals surface area contributed by atoms with E-state index in [1.807, 2.05) is 19.1 Å². The number of amides is 3. The van der Waals surface area contributed by atoms with Crippen molar-refractivity contribution in [2.24, 2.45) is 5.92 Å². The van der Waals surface area contributed by atoms with Gasteiger partial charge in [0.15, 0.2) is 0 Å². The maximum absolute atomic E-state index is 12.5.